The summed E-state index contributed by atoms with van der Waals surface area (Å²) in [6.45, 7) is 4.77. The van der Waals surface area contributed by atoms with E-state index in [1.807, 2.05) is 18.2 Å². The Labute approximate surface area is 184 Å². The van der Waals surface area contributed by atoms with E-state index >= 15 is 0 Å². The van der Waals surface area contributed by atoms with Crippen LogP contribution in [0.15, 0.2) is 42.5 Å². The van der Waals surface area contributed by atoms with Gasteiger partial charge in [0.05, 0.1) is 6.54 Å². The first-order valence-electron chi connectivity index (χ1n) is 11.5. The predicted molar refractivity (Wildman–Crippen MR) is 122 cm³/mol. The summed E-state index contributed by atoms with van der Waals surface area (Å²) in [5.41, 5.74) is 3.30. The van der Waals surface area contributed by atoms with E-state index in [4.69, 9.17) is 9.47 Å². The molecular weight excluding hydrogens is 390 g/mol. The SMILES string of the molecule is O=C(CN1CCC[C@@H]1c1ccc2c(c1)OCCO2)Nc1ccc(N2CCCCC2)cc1. The van der Waals surface area contributed by atoms with Crippen LogP contribution in [0.1, 0.15) is 43.7 Å². The molecule has 1 amide bonds. The van der Waals surface area contributed by atoms with Gasteiger partial charge < -0.3 is 19.7 Å². The third-order valence-electron chi connectivity index (χ3n) is 6.53. The van der Waals surface area contributed by atoms with Crippen molar-refractivity contribution in [3.05, 3.63) is 48.0 Å². The van der Waals surface area contributed by atoms with Crippen molar-refractivity contribution in [1.29, 1.82) is 0 Å². The fourth-order valence-corrected chi connectivity index (χ4v) is 4.95. The molecule has 0 spiro atoms. The zero-order valence-electron chi connectivity index (χ0n) is 18.0. The van der Waals surface area contributed by atoms with Gasteiger partial charge in [-0.25, -0.2) is 0 Å². The molecule has 0 bridgehead atoms. The van der Waals surface area contributed by atoms with Crippen LogP contribution in [-0.2, 0) is 4.79 Å². The third kappa shape index (κ3) is 4.64. The van der Waals surface area contributed by atoms with Crippen LogP contribution in [0.2, 0.25) is 0 Å². The van der Waals surface area contributed by atoms with Gasteiger partial charge in [0, 0.05) is 30.5 Å². The van der Waals surface area contributed by atoms with Crippen LogP contribution in [0, 0.1) is 0 Å². The number of carbonyl (C=O) groups is 1. The van der Waals surface area contributed by atoms with Gasteiger partial charge in [0.1, 0.15) is 13.2 Å². The average Bonchev–Trinajstić information content (AvgIpc) is 3.27. The van der Waals surface area contributed by atoms with E-state index in [0.29, 0.717) is 19.8 Å². The standard InChI is InChI=1S/C25H31N3O3/c29-25(26-20-7-9-21(10-8-20)27-12-2-1-3-13-27)18-28-14-4-5-22(28)19-6-11-23-24(17-19)31-16-15-30-23/h6-11,17,22H,1-5,12-16,18H2,(H,26,29)/t22-/m1/s1. The van der Waals surface area contributed by atoms with Gasteiger partial charge >= 0.3 is 0 Å². The number of benzene rings is 2. The van der Waals surface area contributed by atoms with E-state index in [9.17, 15) is 4.79 Å². The van der Waals surface area contributed by atoms with Gasteiger partial charge in [-0.2, -0.15) is 0 Å². The van der Waals surface area contributed by atoms with E-state index in [-0.39, 0.29) is 11.9 Å². The maximum atomic E-state index is 12.8. The van der Waals surface area contributed by atoms with Crippen LogP contribution in [0.4, 0.5) is 11.4 Å². The van der Waals surface area contributed by atoms with E-state index in [0.717, 1.165) is 49.7 Å². The molecule has 0 unspecified atom stereocenters. The molecule has 1 N–H and O–H groups in total. The molecule has 2 aromatic rings. The maximum Gasteiger partial charge on any atom is 0.238 e. The van der Waals surface area contributed by atoms with Crippen LogP contribution in [0.5, 0.6) is 11.5 Å². The summed E-state index contributed by atoms with van der Waals surface area (Å²) in [5, 5.41) is 3.08. The van der Waals surface area contributed by atoms with Crippen molar-refractivity contribution < 1.29 is 14.3 Å². The Bertz CT molecular complexity index is 909. The van der Waals surface area contributed by atoms with Crippen molar-refractivity contribution in [2.24, 2.45) is 0 Å². The largest absolute Gasteiger partial charge is 0.486 e. The Morgan fingerprint density at radius 3 is 2.48 bits per heavy atom. The van der Waals surface area contributed by atoms with E-state index in [1.54, 1.807) is 0 Å². The van der Waals surface area contributed by atoms with Gasteiger partial charge in [-0.15, -0.1) is 0 Å². The molecule has 0 radical (unpaired) electrons. The molecule has 31 heavy (non-hydrogen) atoms. The lowest BCUT2D eigenvalue weighted by atomic mass is 10.0. The zero-order chi connectivity index (χ0) is 21.0. The van der Waals surface area contributed by atoms with Crippen molar-refractivity contribution in [3.8, 4) is 11.5 Å². The molecule has 2 saturated heterocycles. The molecule has 1 atom stereocenters. The van der Waals surface area contributed by atoms with Crippen molar-refractivity contribution in [2.45, 2.75) is 38.1 Å². The Balaban J connectivity index is 1.20. The van der Waals surface area contributed by atoms with Crippen molar-refractivity contribution in [2.75, 3.05) is 49.6 Å². The molecule has 3 aliphatic rings. The number of ether oxygens (including phenoxy) is 2. The van der Waals surface area contributed by atoms with E-state index in [2.05, 4.69) is 39.4 Å². The Hall–Kier alpha value is -2.73. The molecule has 0 aliphatic carbocycles. The number of carbonyl (C=O) groups excluding carboxylic acids is 1. The minimum atomic E-state index is 0.0372. The second-order valence-corrected chi connectivity index (χ2v) is 8.67. The summed E-state index contributed by atoms with van der Waals surface area (Å²) in [7, 11) is 0. The van der Waals surface area contributed by atoms with E-state index < -0.39 is 0 Å². The predicted octanol–water partition coefficient (Wildman–Crippen LogP) is 4.22. The first-order valence-corrected chi connectivity index (χ1v) is 11.5. The Morgan fingerprint density at radius 2 is 1.68 bits per heavy atom. The highest BCUT2D eigenvalue weighted by atomic mass is 16.6. The lowest BCUT2D eigenvalue weighted by Gasteiger charge is -2.29. The molecule has 164 valence electrons. The van der Waals surface area contributed by atoms with Crippen LogP contribution >= 0.6 is 0 Å². The highest BCUT2D eigenvalue weighted by Gasteiger charge is 2.28. The maximum absolute atomic E-state index is 12.8. The molecule has 3 heterocycles. The van der Waals surface area contributed by atoms with Gasteiger partial charge in [-0.05, 0) is 80.6 Å². The fourth-order valence-electron chi connectivity index (χ4n) is 4.95. The van der Waals surface area contributed by atoms with Crippen molar-refractivity contribution in [3.63, 3.8) is 0 Å². The van der Waals surface area contributed by atoms with Crippen LogP contribution in [0.25, 0.3) is 0 Å². The summed E-state index contributed by atoms with van der Waals surface area (Å²) in [6.07, 6.45) is 6.00. The molecule has 2 aromatic carbocycles. The summed E-state index contributed by atoms with van der Waals surface area (Å²) in [4.78, 5) is 17.5. The second-order valence-electron chi connectivity index (χ2n) is 8.67. The third-order valence-corrected chi connectivity index (χ3v) is 6.53. The minimum absolute atomic E-state index is 0.0372. The van der Waals surface area contributed by atoms with Crippen LogP contribution in [-0.4, -0.2) is 50.2 Å². The summed E-state index contributed by atoms with van der Waals surface area (Å²) in [5.74, 6) is 1.66. The number of piperidine rings is 1. The second kappa shape index (κ2) is 9.18. The van der Waals surface area contributed by atoms with Crippen molar-refractivity contribution in [1.82, 2.24) is 4.90 Å². The minimum Gasteiger partial charge on any atom is -0.486 e. The first-order chi connectivity index (χ1) is 15.3. The van der Waals surface area contributed by atoms with Gasteiger partial charge in [0.2, 0.25) is 5.91 Å². The van der Waals surface area contributed by atoms with Gasteiger partial charge in [-0.3, -0.25) is 9.69 Å². The first kappa shape index (κ1) is 20.2. The summed E-state index contributed by atoms with van der Waals surface area (Å²) in [6, 6.07) is 14.7. The quantitative estimate of drug-likeness (QED) is 0.783. The summed E-state index contributed by atoms with van der Waals surface area (Å²) < 4.78 is 11.4. The highest BCUT2D eigenvalue weighted by Crippen LogP contribution is 2.38. The number of hydrogen-bond donors (Lipinski definition) is 1. The number of nitrogens with zero attached hydrogens (tertiary/aromatic N) is 2. The smallest absolute Gasteiger partial charge is 0.238 e. The number of rotatable bonds is 5. The van der Waals surface area contributed by atoms with E-state index in [1.165, 1.54) is 30.5 Å². The normalized spacial score (nSPS) is 21.2. The molecular formula is C25H31N3O3. The van der Waals surface area contributed by atoms with Crippen LogP contribution in [0.3, 0.4) is 0 Å². The zero-order valence-corrected chi connectivity index (χ0v) is 18.0. The average molecular weight is 422 g/mol. The molecule has 2 fully saturated rings. The number of anilines is 2. The van der Waals surface area contributed by atoms with Gasteiger partial charge in [0.15, 0.2) is 11.5 Å². The molecule has 5 rings (SSSR count). The molecule has 0 aromatic heterocycles. The Morgan fingerprint density at radius 1 is 0.903 bits per heavy atom. The molecule has 3 aliphatic heterocycles. The molecule has 6 heteroatoms. The number of amides is 1. The van der Waals surface area contributed by atoms with Gasteiger partial charge in [0.25, 0.3) is 0 Å². The molecule has 0 saturated carbocycles. The Kier molecular flexibility index (Phi) is 5.98. The summed E-state index contributed by atoms with van der Waals surface area (Å²) >= 11 is 0. The fraction of sp³-hybridized carbons (Fsp3) is 0.480. The lowest BCUT2D eigenvalue weighted by molar-refractivity contribution is -0.117. The lowest BCUT2D eigenvalue weighted by Crippen LogP contribution is -2.33. The number of nitrogens with one attached hydrogen (secondary N) is 1. The number of likely N-dealkylation sites (tertiary alicyclic amines) is 1. The highest BCUT2D eigenvalue weighted by molar-refractivity contribution is 5.92. The number of fused-ring (bicyclic) bond motifs is 1. The van der Waals surface area contributed by atoms with Crippen molar-refractivity contribution >= 4 is 17.3 Å². The number of hydrogen-bond acceptors (Lipinski definition) is 5. The van der Waals surface area contributed by atoms with Gasteiger partial charge in [-0.1, -0.05) is 6.07 Å². The monoisotopic (exact) mass is 421 g/mol. The van der Waals surface area contributed by atoms with Crippen LogP contribution < -0.4 is 19.7 Å². The topological polar surface area (TPSA) is 54.0 Å². The molecule has 6 nitrogen and oxygen atoms in total.